The molecule has 1 aliphatic rings. The summed E-state index contributed by atoms with van der Waals surface area (Å²) in [5, 5.41) is 0. The van der Waals surface area contributed by atoms with Gasteiger partial charge in [-0.3, -0.25) is 4.79 Å². The third kappa shape index (κ3) is 2.57. The number of carbonyl (C=O) groups excluding carboxylic acids is 1. The molecule has 1 amide bonds. The number of hydrogen-bond donors (Lipinski definition) is 1. The normalized spacial score (nSPS) is 17.4. The minimum atomic E-state index is 0.0978. The van der Waals surface area contributed by atoms with Crippen molar-refractivity contribution < 1.29 is 4.79 Å². The number of fused-ring (bicyclic) bond motifs is 1. The van der Waals surface area contributed by atoms with E-state index < -0.39 is 0 Å². The fraction of sp³-hybridized carbons (Fsp3) is 0.278. The molecule has 0 aliphatic carbocycles. The van der Waals surface area contributed by atoms with E-state index in [0.29, 0.717) is 6.54 Å². The molecule has 0 radical (unpaired) electrons. The molecule has 21 heavy (non-hydrogen) atoms. The van der Waals surface area contributed by atoms with E-state index in [4.69, 9.17) is 5.73 Å². The fourth-order valence-electron chi connectivity index (χ4n) is 3.00. The third-order valence-corrected chi connectivity index (χ3v) is 4.29. The summed E-state index contributed by atoms with van der Waals surface area (Å²) in [7, 11) is 0. The Morgan fingerprint density at radius 3 is 2.62 bits per heavy atom. The summed E-state index contributed by atoms with van der Waals surface area (Å²) in [5.41, 5.74) is 9.99. The van der Waals surface area contributed by atoms with Gasteiger partial charge >= 0.3 is 0 Å². The number of amides is 1. The highest BCUT2D eigenvalue weighted by Crippen LogP contribution is 2.30. The van der Waals surface area contributed by atoms with Crippen LogP contribution >= 0.6 is 0 Å². The zero-order valence-electron chi connectivity index (χ0n) is 12.3. The molecule has 1 atom stereocenters. The van der Waals surface area contributed by atoms with E-state index in [1.165, 1.54) is 11.1 Å². The molecule has 3 heteroatoms. The molecule has 0 fully saturated rings. The van der Waals surface area contributed by atoms with Gasteiger partial charge in [-0.1, -0.05) is 36.4 Å². The highest BCUT2D eigenvalue weighted by atomic mass is 16.2. The Hall–Kier alpha value is -2.13. The van der Waals surface area contributed by atoms with Crippen molar-refractivity contribution in [2.24, 2.45) is 5.73 Å². The van der Waals surface area contributed by atoms with Gasteiger partial charge in [-0.05, 0) is 42.2 Å². The molecule has 0 saturated carbocycles. The van der Waals surface area contributed by atoms with Gasteiger partial charge in [0.05, 0.1) is 6.04 Å². The van der Waals surface area contributed by atoms with Crippen molar-refractivity contribution in [3.63, 3.8) is 0 Å². The molecular formula is C18H20N2O. The van der Waals surface area contributed by atoms with Crippen LogP contribution in [0.3, 0.4) is 0 Å². The van der Waals surface area contributed by atoms with Gasteiger partial charge in [0.2, 0.25) is 0 Å². The van der Waals surface area contributed by atoms with Gasteiger partial charge in [-0.2, -0.15) is 0 Å². The van der Waals surface area contributed by atoms with Gasteiger partial charge in [0.25, 0.3) is 5.91 Å². The van der Waals surface area contributed by atoms with Gasteiger partial charge in [0.1, 0.15) is 0 Å². The fourth-order valence-corrected chi connectivity index (χ4v) is 3.00. The van der Waals surface area contributed by atoms with E-state index in [1.54, 1.807) is 0 Å². The van der Waals surface area contributed by atoms with Crippen molar-refractivity contribution in [2.75, 3.05) is 6.54 Å². The summed E-state index contributed by atoms with van der Waals surface area (Å²) in [6.07, 6.45) is 0.924. The van der Waals surface area contributed by atoms with Crippen LogP contribution in [-0.2, 0) is 13.0 Å². The summed E-state index contributed by atoms with van der Waals surface area (Å²) in [4.78, 5) is 14.7. The molecule has 3 rings (SSSR count). The van der Waals surface area contributed by atoms with Crippen molar-refractivity contribution in [2.45, 2.75) is 25.9 Å². The monoisotopic (exact) mass is 280 g/mol. The van der Waals surface area contributed by atoms with Crippen LogP contribution in [0, 0.1) is 0 Å². The summed E-state index contributed by atoms with van der Waals surface area (Å²) >= 11 is 0. The number of hydrogen-bond acceptors (Lipinski definition) is 2. The zero-order valence-corrected chi connectivity index (χ0v) is 12.3. The quantitative estimate of drug-likeness (QED) is 0.919. The molecule has 1 unspecified atom stereocenters. The van der Waals surface area contributed by atoms with Crippen LogP contribution in [0.2, 0.25) is 0 Å². The highest BCUT2D eigenvalue weighted by Gasteiger charge is 2.27. The minimum absolute atomic E-state index is 0.0978. The number of nitrogens with two attached hydrogens (primary N) is 1. The summed E-state index contributed by atoms with van der Waals surface area (Å²) in [5.74, 6) is 0.0978. The Morgan fingerprint density at radius 2 is 1.90 bits per heavy atom. The Morgan fingerprint density at radius 1 is 1.19 bits per heavy atom. The van der Waals surface area contributed by atoms with Gasteiger partial charge in [-0.15, -0.1) is 0 Å². The van der Waals surface area contributed by atoms with Crippen LogP contribution in [0.1, 0.15) is 40.0 Å². The van der Waals surface area contributed by atoms with Crippen LogP contribution in [0.5, 0.6) is 0 Å². The second-order valence-electron chi connectivity index (χ2n) is 5.52. The number of rotatable bonds is 2. The van der Waals surface area contributed by atoms with E-state index >= 15 is 0 Å². The zero-order chi connectivity index (χ0) is 14.8. The van der Waals surface area contributed by atoms with Crippen LogP contribution in [0.15, 0.2) is 48.5 Å². The van der Waals surface area contributed by atoms with E-state index in [1.807, 2.05) is 35.2 Å². The maximum absolute atomic E-state index is 12.7. The summed E-state index contributed by atoms with van der Waals surface area (Å²) in [6.45, 7) is 3.38. The van der Waals surface area contributed by atoms with E-state index in [2.05, 4.69) is 25.1 Å². The number of nitrogens with zero attached hydrogens (tertiary/aromatic N) is 1. The molecule has 2 aromatic carbocycles. The van der Waals surface area contributed by atoms with E-state index in [0.717, 1.165) is 24.1 Å². The summed E-state index contributed by atoms with van der Waals surface area (Å²) < 4.78 is 0. The van der Waals surface area contributed by atoms with Crippen LogP contribution in [0.25, 0.3) is 0 Å². The lowest BCUT2D eigenvalue weighted by Crippen LogP contribution is -2.38. The number of benzene rings is 2. The minimum Gasteiger partial charge on any atom is -0.332 e. The highest BCUT2D eigenvalue weighted by molar-refractivity contribution is 5.94. The Balaban J connectivity index is 1.85. The molecule has 108 valence electrons. The van der Waals surface area contributed by atoms with Gasteiger partial charge in [0, 0.05) is 18.7 Å². The average Bonchev–Trinajstić information content (AvgIpc) is 2.55. The Bertz CT molecular complexity index is 649. The van der Waals surface area contributed by atoms with Crippen LogP contribution < -0.4 is 5.73 Å². The van der Waals surface area contributed by atoms with Gasteiger partial charge in [-0.25, -0.2) is 0 Å². The van der Waals surface area contributed by atoms with Crippen molar-refractivity contribution >= 4 is 5.91 Å². The second-order valence-corrected chi connectivity index (χ2v) is 5.52. The first-order valence-electron chi connectivity index (χ1n) is 7.38. The molecule has 0 aromatic heterocycles. The molecule has 0 bridgehead atoms. The van der Waals surface area contributed by atoms with Crippen molar-refractivity contribution in [3.05, 3.63) is 70.8 Å². The standard InChI is InChI=1S/C18H20N2O/c1-13-17-5-3-2-4-15(17)10-11-20(13)18(21)16-8-6-14(12-19)7-9-16/h2-9,13H,10-12,19H2,1H3. The molecule has 2 N–H and O–H groups in total. The van der Waals surface area contributed by atoms with Crippen LogP contribution in [-0.4, -0.2) is 17.4 Å². The predicted molar refractivity (Wildman–Crippen MR) is 83.9 cm³/mol. The Labute approximate surface area is 125 Å². The molecule has 1 aliphatic heterocycles. The molecule has 1 heterocycles. The first-order valence-corrected chi connectivity index (χ1v) is 7.38. The first kappa shape index (κ1) is 13.8. The smallest absolute Gasteiger partial charge is 0.254 e. The lowest BCUT2D eigenvalue weighted by molar-refractivity contribution is 0.0677. The molecular weight excluding hydrogens is 260 g/mol. The lowest BCUT2D eigenvalue weighted by atomic mass is 9.93. The Kier molecular flexibility index (Phi) is 3.76. The molecule has 2 aromatic rings. The topological polar surface area (TPSA) is 46.3 Å². The maximum Gasteiger partial charge on any atom is 0.254 e. The summed E-state index contributed by atoms with van der Waals surface area (Å²) in [6, 6.07) is 16.1. The number of carbonyl (C=O) groups is 1. The van der Waals surface area contributed by atoms with Gasteiger partial charge < -0.3 is 10.6 Å². The second kappa shape index (κ2) is 5.70. The average molecular weight is 280 g/mol. The molecule has 0 saturated heterocycles. The lowest BCUT2D eigenvalue weighted by Gasteiger charge is -2.35. The van der Waals surface area contributed by atoms with Crippen molar-refractivity contribution in [1.82, 2.24) is 4.90 Å². The SMILES string of the molecule is CC1c2ccccc2CCN1C(=O)c1ccc(CN)cc1. The molecule has 3 nitrogen and oxygen atoms in total. The predicted octanol–water partition coefficient (Wildman–Crippen LogP) is 2.90. The molecule has 0 spiro atoms. The van der Waals surface area contributed by atoms with Gasteiger partial charge in [0.15, 0.2) is 0 Å². The van der Waals surface area contributed by atoms with Crippen molar-refractivity contribution in [1.29, 1.82) is 0 Å². The van der Waals surface area contributed by atoms with E-state index in [9.17, 15) is 4.79 Å². The van der Waals surface area contributed by atoms with Crippen LogP contribution in [0.4, 0.5) is 0 Å². The third-order valence-electron chi connectivity index (χ3n) is 4.29. The largest absolute Gasteiger partial charge is 0.332 e. The first-order chi connectivity index (χ1) is 10.2. The maximum atomic E-state index is 12.7. The van der Waals surface area contributed by atoms with Crippen molar-refractivity contribution in [3.8, 4) is 0 Å². The van der Waals surface area contributed by atoms with E-state index in [-0.39, 0.29) is 11.9 Å².